The normalized spacial score (nSPS) is 13.2. The first-order valence-corrected chi connectivity index (χ1v) is 9.91. The molecule has 0 saturated carbocycles. The summed E-state index contributed by atoms with van der Waals surface area (Å²) >= 11 is 2.51. The van der Waals surface area contributed by atoms with Gasteiger partial charge in [-0.2, -0.15) is 16.3 Å². The molecule has 5 nitrogen and oxygen atoms in total. The van der Waals surface area contributed by atoms with Gasteiger partial charge < -0.3 is 4.55 Å². The van der Waals surface area contributed by atoms with Crippen LogP contribution in [0.2, 0.25) is 0 Å². The smallest absolute Gasteiger partial charge is 0.277 e. The van der Waals surface area contributed by atoms with E-state index in [4.69, 9.17) is 0 Å². The van der Waals surface area contributed by atoms with E-state index in [1.807, 2.05) is 20.1 Å². The first kappa shape index (κ1) is 19.4. The third-order valence-corrected chi connectivity index (χ3v) is 6.48. The molecule has 0 spiro atoms. The van der Waals surface area contributed by atoms with Crippen LogP contribution in [-0.2, 0) is 12.8 Å². The number of aromatic nitrogens is 2. The molecule has 0 aliphatic carbocycles. The minimum atomic E-state index is -0.438. The fraction of sp³-hybridized carbons (Fsp3) is 0.647. The Hall–Kier alpha value is -0.920. The van der Waals surface area contributed by atoms with Gasteiger partial charge in [0.15, 0.2) is 0 Å². The average Bonchev–Trinajstić information content (AvgIpc) is 2.89. The molecule has 0 saturated heterocycles. The summed E-state index contributed by atoms with van der Waals surface area (Å²) in [6, 6.07) is 0. The molecule has 0 radical (unpaired) electrons. The van der Waals surface area contributed by atoms with Crippen LogP contribution in [0.5, 0.6) is 0 Å². The highest BCUT2D eigenvalue weighted by Crippen LogP contribution is 2.30. The average molecular weight is 371 g/mol. The SMILES string of the molecule is CSC(C)(C)Cc1c(C)c(=O)n2c(=O)c(C)c(CC(C)(C)SO)n12. The summed E-state index contributed by atoms with van der Waals surface area (Å²) in [6.45, 7) is 11.7. The van der Waals surface area contributed by atoms with Gasteiger partial charge in [-0.3, -0.25) is 14.1 Å². The fourth-order valence-electron chi connectivity index (χ4n) is 2.89. The summed E-state index contributed by atoms with van der Waals surface area (Å²) in [5.41, 5.74) is 2.41. The van der Waals surface area contributed by atoms with Gasteiger partial charge in [-0.25, -0.2) is 0 Å². The van der Waals surface area contributed by atoms with Crippen LogP contribution in [0.3, 0.4) is 0 Å². The van der Waals surface area contributed by atoms with E-state index < -0.39 is 4.75 Å². The molecule has 7 heteroatoms. The Bertz CT molecular complexity index is 798. The van der Waals surface area contributed by atoms with Crippen molar-refractivity contribution in [2.45, 2.75) is 63.9 Å². The summed E-state index contributed by atoms with van der Waals surface area (Å²) in [6.07, 6.45) is 3.25. The van der Waals surface area contributed by atoms with Gasteiger partial charge in [0.1, 0.15) is 0 Å². The minimum Gasteiger partial charge on any atom is -0.329 e. The van der Waals surface area contributed by atoms with E-state index in [-0.39, 0.29) is 15.9 Å². The van der Waals surface area contributed by atoms with Crippen LogP contribution in [0.4, 0.5) is 0 Å². The molecule has 0 aliphatic heterocycles. The summed E-state index contributed by atoms with van der Waals surface area (Å²) in [4.78, 5) is 25.2. The van der Waals surface area contributed by atoms with E-state index in [1.165, 1.54) is 4.52 Å². The zero-order valence-corrected chi connectivity index (χ0v) is 17.0. The van der Waals surface area contributed by atoms with Gasteiger partial charge >= 0.3 is 0 Å². The molecule has 2 rings (SSSR count). The van der Waals surface area contributed by atoms with Gasteiger partial charge in [0.05, 0.1) is 11.4 Å². The molecule has 2 aromatic rings. The van der Waals surface area contributed by atoms with Crippen molar-refractivity contribution in [3.8, 4) is 0 Å². The number of nitrogens with zero attached hydrogens (tertiary/aromatic N) is 2. The van der Waals surface area contributed by atoms with Gasteiger partial charge in [-0.15, -0.1) is 0 Å². The van der Waals surface area contributed by atoms with E-state index in [1.54, 1.807) is 30.1 Å². The van der Waals surface area contributed by atoms with Crippen LogP contribution in [-0.4, -0.2) is 29.3 Å². The third kappa shape index (κ3) is 3.26. The van der Waals surface area contributed by atoms with Gasteiger partial charge in [0.25, 0.3) is 11.1 Å². The van der Waals surface area contributed by atoms with E-state index in [0.29, 0.717) is 24.0 Å². The van der Waals surface area contributed by atoms with Crippen LogP contribution in [0.15, 0.2) is 9.59 Å². The Labute approximate surface area is 151 Å². The van der Waals surface area contributed by atoms with Crippen molar-refractivity contribution >= 4 is 23.8 Å². The Morgan fingerprint density at radius 2 is 1.29 bits per heavy atom. The predicted molar refractivity (Wildman–Crippen MR) is 103 cm³/mol. The Morgan fingerprint density at radius 3 is 1.67 bits per heavy atom. The van der Waals surface area contributed by atoms with Crippen LogP contribution in [0.25, 0.3) is 0 Å². The van der Waals surface area contributed by atoms with Gasteiger partial charge in [-0.1, -0.05) is 13.8 Å². The number of hydrogen-bond acceptors (Lipinski definition) is 5. The first-order chi connectivity index (χ1) is 11.0. The zero-order valence-electron chi connectivity index (χ0n) is 15.4. The first-order valence-electron chi connectivity index (χ1n) is 7.92. The van der Waals surface area contributed by atoms with Crippen molar-refractivity contribution in [3.63, 3.8) is 0 Å². The number of fused-ring (bicyclic) bond motifs is 1. The van der Waals surface area contributed by atoms with E-state index in [0.717, 1.165) is 23.4 Å². The number of thioether (sulfide) groups is 1. The van der Waals surface area contributed by atoms with E-state index in [9.17, 15) is 14.1 Å². The van der Waals surface area contributed by atoms with Gasteiger partial charge in [-0.05, 0) is 46.0 Å². The maximum Gasteiger partial charge on any atom is 0.277 e. The summed E-state index contributed by atoms with van der Waals surface area (Å²) < 4.78 is 12.1. The molecule has 24 heavy (non-hydrogen) atoms. The second-order valence-electron chi connectivity index (χ2n) is 7.55. The van der Waals surface area contributed by atoms with Crippen LogP contribution in [0.1, 0.15) is 50.2 Å². The second-order valence-corrected chi connectivity index (χ2v) is 10.3. The van der Waals surface area contributed by atoms with E-state index in [2.05, 4.69) is 13.8 Å². The lowest BCUT2D eigenvalue weighted by Gasteiger charge is -2.23. The maximum absolute atomic E-state index is 12.6. The quantitative estimate of drug-likeness (QED) is 0.792. The van der Waals surface area contributed by atoms with Crippen LogP contribution >= 0.6 is 23.8 Å². The lowest BCUT2D eigenvalue weighted by atomic mass is 10.0. The third-order valence-electron chi connectivity index (χ3n) is 4.59. The molecule has 2 heterocycles. The van der Waals surface area contributed by atoms with Crippen molar-refractivity contribution < 1.29 is 4.55 Å². The molecular formula is C17H26N2O3S2. The fourth-order valence-corrected chi connectivity index (χ4v) is 3.37. The Balaban J connectivity index is 2.80. The topological polar surface area (TPSA) is 63.2 Å². The van der Waals surface area contributed by atoms with Crippen LogP contribution in [0, 0.1) is 13.8 Å². The molecule has 134 valence electrons. The molecule has 0 bridgehead atoms. The minimum absolute atomic E-state index is 0.0429. The molecule has 0 amide bonds. The number of rotatable bonds is 6. The zero-order chi connectivity index (χ0) is 18.4. The molecule has 0 aliphatic rings. The van der Waals surface area contributed by atoms with Crippen molar-refractivity contribution in [1.82, 2.24) is 9.03 Å². The Morgan fingerprint density at radius 1 is 0.875 bits per heavy atom. The summed E-state index contributed by atoms with van der Waals surface area (Å²) in [5, 5.41) is 0. The largest absolute Gasteiger partial charge is 0.329 e. The summed E-state index contributed by atoms with van der Waals surface area (Å²) in [5.74, 6) is 0. The molecule has 0 aromatic carbocycles. The summed E-state index contributed by atoms with van der Waals surface area (Å²) in [7, 11) is 0. The van der Waals surface area contributed by atoms with Crippen molar-refractivity contribution in [1.29, 1.82) is 0 Å². The lowest BCUT2D eigenvalue weighted by molar-refractivity contribution is 0.581. The second kappa shape index (κ2) is 6.42. The molecule has 2 aromatic heterocycles. The highest BCUT2D eigenvalue weighted by molar-refractivity contribution is 7.99. The van der Waals surface area contributed by atoms with Gasteiger partial charge in [0.2, 0.25) is 0 Å². The van der Waals surface area contributed by atoms with Crippen molar-refractivity contribution in [2.75, 3.05) is 6.26 Å². The predicted octanol–water partition coefficient (Wildman–Crippen LogP) is 3.03. The Kier molecular flexibility index (Phi) is 5.19. The maximum atomic E-state index is 12.6. The molecule has 0 fully saturated rings. The van der Waals surface area contributed by atoms with Crippen molar-refractivity contribution in [2.24, 2.45) is 0 Å². The molecule has 0 unspecified atom stereocenters. The monoisotopic (exact) mass is 370 g/mol. The molecule has 1 N–H and O–H groups in total. The van der Waals surface area contributed by atoms with Crippen molar-refractivity contribution in [3.05, 3.63) is 43.2 Å². The highest BCUT2D eigenvalue weighted by atomic mass is 32.2. The molecular weight excluding hydrogens is 344 g/mol. The molecule has 0 atom stereocenters. The standard InChI is InChI=1S/C17H26N2O3S2/c1-10-12(8-16(3,4)23-7)18-13(9-17(5,6)24-22)11(2)15(21)19(18)14(10)20/h22H,8-9H2,1-7H3. The lowest BCUT2D eigenvalue weighted by Crippen LogP contribution is -2.23. The highest BCUT2D eigenvalue weighted by Gasteiger charge is 2.30. The number of hydrogen-bond donors (Lipinski definition) is 1. The van der Waals surface area contributed by atoms with Crippen LogP contribution < -0.4 is 11.1 Å². The van der Waals surface area contributed by atoms with E-state index >= 15 is 0 Å². The van der Waals surface area contributed by atoms with Gasteiger partial charge in [0, 0.05) is 33.5 Å².